The van der Waals surface area contributed by atoms with E-state index in [2.05, 4.69) is 25.9 Å². The highest BCUT2D eigenvalue weighted by molar-refractivity contribution is 9.10. The lowest BCUT2D eigenvalue weighted by Crippen LogP contribution is -2.27. The van der Waals surface area contributed by atoms with E-state index in [1.165, 1.54) is 12.3 Å². The van der Waals surface area contributed by atoms with Gasteiger partial charge >= 0.3 is 5.97 Å². The Balaban J connectivity index is 1.40. The molecule has 1 aliphatic heterocycles. The van der Waals surface area contributed by atoms with E-state index in [-0.39, 0.29) is 17.4 Å². The number of aromatic nitrogens is 2. The summed E-state index contributed by atoms with van der Waals surface area (Å²) >= 11 is 3.39. The number of likely N-dealkylation sites (tertiary alicyclic amines) is 1. The second kappa shape index (κ2) is 7.63. The fourth-order valence-corrected chi connectivity index (χ4v) is 3.91. The van der Waals surface area contributed by atoms with Crippen LogP contribution in [0.3, 0.4) is 0 Å². The molecule has 1 saturated heterocycles. The van der Waals surface area contributed by atoms with E-state index >= 15 is 0 Å². The third-order valence-corrected chi connectivity index (χ3v) is 5.63. The van der Waals surface area contributed by atoms with Crippen LogP contribution < -0.4 is 0 Å². The minimum Gasteiger partial charge on any atom is -0.453 e. The average molecular weight is 444 g/mol. The number of aromatic amines is 2. The van der Waals surface area contributed by atoms with Gasteiger partial charge in [0.1, 0.15) is 11.4 Å². The van der Waals surface area contributed by atoms with Crippen LogP contribution in [0, 0.1) is 0 Å². The van der Waals surface area contributed by atoms with E-state index in [1.807, 2.05) is 24.3 Å². The van der Waals surface area contributed by atoms with Crippen molar-refractivity contribution in [2.75, 3.05) is 19.7 Å². The lowest BCUT2D eigenvalue weighted by molar-refractivity contribution is 0.0469. The molecule has 8 heteroatoms. The molecule has 1 fully saturated rings. The molecular formula is C20H18BrN3O4. The molecule has 3 heterocycles. The smallest absolute Gasteiger partial charge is 0.356 e. The molecule has 4 rings (SSSR count). The molecule has 0 atom stereocenters. The molecule has 0 bridgehead atoms. The van der Waals surface area contributed by atoms with Crippen molar-refractivity contribution >= 4 is 44.5 Å². The summed E-state index contributed by atoms with van der Waals surface area (Å²) in [6.07, 6.45) is 3.47. The number of halogens is 1. The number of fused-ring (bicyclic) bond motifs is 1. The second-order valence-corrected chi connectivity index (χ2v) is 7.45. The Labute approximate surface area is 169 Å². The SMILES string of the molecule is O=C(COC(=O)c1[nH]c2ccccc2c1Br)c1c[nH]c(C(=O)N2CCCC2)c1. The summed E-state index contributed by atoms with van der Waals surface area (Å²) in [5.74, 6) is -1.12. The van der Waals surface area contributed by atoms with Crippen molar-refractivity contribution in [3.63, 3.8) is 0 Å². The zero-order valence-corrected chi connectivity index (χ0v) is 16.5. The van der Waals surface area contributed by atoms with E-state index in [0.29, 0.717) is 15.7 Å². The van der Waals surface area contributed by atoms with Gasteiger partial charge < -0.3 is 19.6 Å². The number of esters is 1. The second-order valence-electron chi connectivity index (χ2n) is 6.66. The average Bonchev–Trinajstić information content (AvgIpc) is 3.46. The Kier molecular flexibility index (Phi) is 5.04. The van der Waals surface area contributed by atoms with Crippen LogP contribution >= 0.6 is 15.9 Å². The van der Waals surface area contributed by atoms with E-state index in [4.69, 9.17) is 4.74 Å². The number of H-pyrrole nitrogens is 2. The monoisotopic (exact) mass is 443 g/mol. The van der Waals surface area contributed by atoms with Crippen molar-refractivity contribution < 1.29 is 19.1 Å². The quantitative estimate of drug-likeness (QED) is 0.465. The highest BCUT2D eigenvalue weighted by atomic mass is 79.9. The van der Waals surface area contributed by atoms with Crippen molar-refractivity contribution in [2.24, 2.45) is 0 Å². The van der Waals surface area contributed by atoms with Crippen LogP contribution in [0.4, 0.5) is 0 Å². The third-order valence-electron chi connectivity index (χ3n) is 4.81. The molecule has 0 radical (unpaired) electrons. The minimum absolute atomic E-state index is 0.115. The molecule has 1 amide bonds. The Bertz CT molecular complexity index is 1060. The Hall–Kier alpha value is -2.87. The van der Waals surface area contributed by atoms with Gasteiger partial charge in [0.2, 0.25) is 5.78 Å². The van der Waals surface area contributed by atoms with Gasteiger partial charge in [-0.05, 0) is 40.9 Å². The molecule has 0 aliphatic carbocycles. The number of Topliss-reactive ketones (excluding diaryl/α,β-unsaturated/α-hetero) is 1. The Morgan fingerprint density at radius 3 is 2.64 bits per heavy atom. The van der Waals surface area contributed by atoms with Crippen LogP contribution in [-0.4, -0.2) is 52.2 Å². The van der Waals surface area contributed by atoms with Crippen LogP contribution in [0.25, 0.3) is 10.9 Å². The molecule has 3 aromatic rings. The predicted molar refractivity (Wildman–Crippen MR) is 107 cm³/mol. The van der Waals surface area contributed by atoms with Gasteiger partial charge in [0, 0.05) is 35.8 Å². The molecule has 7 nitrogen and oxygen atoms in total. The molecule has 1 aliphatic rings. The van der Waals surface area contributed by atoms with Gasteiger partial charge in [-0.2, -0.15) is 0 Å². The maximum Gasteiger partial charge on any atom is 0.356 e. The molecule has 2 aromatic heterocycles. The lowest BCUT2D eigenvalue weighted by atomic mass is 10.2. The number of carbonyl (C=O) groups excluding carboxylic acids is 3. The largest absolute Gasteiger partial charge is 0.453 e. The van der Waals surface area contributed by atoms with Crippen LogP contribution in [0.15, 0.2) is 41.0 Å². The zero-order chi connectivity index (χ0) is 19.7. The van der Waals surface area contributed by atoms with Gasteiger partial charge in [0.05, 0.1) is 4.47 Å². The fourth-order valence-electron chi connectivity index (χ4n) is 3.30. The number of para-hydroxylation sites is 1. The van der Waals surface area contributed by atoms with Gasteiger partial charge in [-0.15, -0.1) is 0 Å². The topological polar surface area (TPSA) is 95.3 Å². The number of nitrogens with zero attached hydrogens (tertiary/aromatic N) is 1. The van der Waals surface area contributed by atoms with Gasteiger partial charge in [-0.3, -0.25) is 9.59 Å². The van der Waals surface area contributed by atoms with Crippen LogP contribution in [0.2, 0.25) is 0 Å². The maximum atomic E-state index is 12.4. The summed E-state index contributed by atoms with van der Waals surface area (Å²) in [6, 6.07) is 8.95. The van der Waals surface area contributed by atoms with Gasteiger partial charge in [-0.1, -0.05) is 18.2 Å². The van der Waals surface area contributed by atoms with Gasteiger partial charge in [0.25, 0.3) is 5.91 Å². The minimum atomic E-state index is -0.625. The van der Waals surface area contributed by atoms with Crippen LogP contribution in [0.1, 0.15) is 44.2 Å². The van der Waals surface area contributed by atoms with E-state index < -0.39 is 12.6 Å². The van der Waals surface area contributed by atoms with Crippen molar-refractivity contribution in [1.29, 1.82) is 0 Å². The number of carbonyl (C=O) groups is 3. The molecule has 28 heavy (non-hydrogen) atoms. The molecule has 2 N–H and O–H groups in total. The van der Waals surface area contributed by atoms with Crippen molar-refractivity contribution in [3.8, 4) is 0 Å². The van der Waals surface area contributed by atoms with Crippen molar-refractivity contribution in [2.45, 2.75) is 12.8 Å². The van der Waals surface area contributed by atoms with Crippen molar-refractivity contribution in [1.82, 2.24) is 14.9 Å². The highest BCUT2D eigenvalue weighted by Gasteiger charge is 2.23. The molecule has 1 aromatic carbocycles. The summed E-state index contributed by atoms with van der Waals surface area (Å²) in [4.78, 5) is 44.6. The summed E-state index contributed by atoms with van der Waals surface area (Å²) in [6.45, 7) is 1.06. The lowest BCUT2D eigenvalue weighted by Gasteiger charge is -2.13. The number of rotatable bonds is 5. The molecule has 0 unspecified atom stereocenters. The molecule has 0 spiro atoms. The first-order chi connectivity index (χ1) is 13.5. The number of ether oxygens (including phenoxy) is 1. The zero-order valence-electron chi connectivity index (χ0n) is 15.0. The fraction of sp³-hybridized carbons (Fsp3) is 0.250. The summed E-state index contributed by atoms with van der Waals surface area (Å²) in [5, 5.41) is 0.858. The van der Waals surface area contributed by atoms with E-state index in [0.717, 1.165) is 36.8 Å². The summed E-state index contributed by atoms with van der Waals surface area (Å²) in [5.41, 5.74) is 1.73. The van der Waals surface area contributed by atoms with Crippen LogP contribution in [0.5, 0.6) is 0 Å². The summed E-state index contributed by atoms with van der Waals surface area (Å²) < 4.78 is 5.76. The number of hydrogen-bond acceptors (Lipinski definition) is 4. The Morgan fingerprint density at radius 2 is 1.89 bits per heavy atom. The molecule has 0 saturated carbocycles. The first-order valence-corrected chi connectivity index (χ1v) is 9.78. The normalized spacial score (nSPS) is 13.8. The predicted octanol–water partition coefficient (Wildman–Crippen LogP) is 3.53. The molecular weight excluding hydrogens is 426 g/mol. The summed E-state index contributed by atoms with van der Waals surface area (Å²) in [7, 11) is 0. The van der Waals surface area contributed by atoms with Crippen molar-refractivity contribution in [3.05, 3.63) is 58.0 Å². The van der Waals surface area contributed by atoms with Gasteiger partial charge in [0.15, 0.2) is 6.61 Å². The van der Waals surface area contributed by atoms with E-state index in [1.54, 1.807) is 4.90 Å². The van der Waals surface area contributed by atoms with Gasteiger partial charge in [-0.25, -0.2) is 4.79 Å². The third kappa shape index (κ3) is 3.47. The maximum absolute atomic E-state index is 12.4. The number of hydrogen-bond donors (Lipinski definition) is 2. The molecule has 144 valence electrons. The standard InChI is InChI=1S/C20H18BrN3O4/c21-17-13-5-1-2-6-14(13)23-18(17)20(27)28-11-16(25)12-9-15(22-10-12)19(26)24-7-3-4-8-24/h1-2,5-6,9-10,22-23H,3-4,7-8,11H2. The number of nitrogens with one attached hydrogen (secondary N) is 2. The highest BCUT2D eigenvalue weighted by Crippen LogP contribution is 2.28. The number of benzene rings is 1. The number of ketones is 1. The first kappa shape index (κ1) is 18.5. The van der Waals surface area contributed by atoms with E-state index in [9.17, 15) is 14.4 Å². The first-order valence-electron chi connectivity index (χ1n) is 8.99. The Morgan fingerprint density at radius 1 is 1.14 bits per heavy atom. The van der Waals surface area contributed by atoms with Crippen LogP contribution in [-0.2, 0) is 4.74 Å². The number of amides is 1.